The van der Waals surface area contributed by atoms with Gasteiger partial charge in [-0.2, -0.15) is 0 Å². The minimum atomic E-state index is 0.218. The van der Waals surface area contributed by atoms with E-state index in [0.717, 1.165) is 18.4 Å². The summed E-state index contributed by atoms with van der Waals surface area (Å²) < 4.78 is 5.82. The Labute approximate surface area is 113 Å². The Hall–Kier alpha value is -0.0800. The van der Waals surface area contributed by atoms with Crippen LogP contribution in [0.2, 0.25) is 0 Å². The highest BCUT2D eigenvalue weighted by Gasteiger charge is 2.40. The van der Waals surface area contributed by atoms with Gasteiger partial charge in [0.1, 0.15) is 0 Å². The van der Waals surface area contributed by atoms with Gasteiger partial charge in [-0.1, -0.05) is 26.7 Å². The van der Waals surface area contributed by atoms with Crippen LogP contribution in [-0.2, 0) is 4.74 Å². The molecule has 0 spiro atoms. The molecule has 2 nitrogen and oxygen atoms in total. The van der Waals surface area contributed by atoms with E-state index >= 15 is 0 Å². The maximum atomic E-state index is 5.82. The van der Waals surface area contributed by atoms with Crippen molar-refractivity contribution in [2.45, 2.75) is 76.9 Å². The summed E-state index contributed by atoms with van der Waals surface area (Å²) in [5.41, 5.74) is 0.218. The van der Waals surface area contributed by atoms with E-state index in [1.54, 1.807) is 0 Å². The molecule has 0 aliphatic heterocycles. The molecular weight excluding hydrogens is 222 g/mol. The molecule has 2 rings (SSSR count). The molecule has 1 unspecified atom stereocenters. The standard InChI is InChI=1S/C16H31NO/c1-4-17-15(12-16(18-3)10-5-11-16)14-8-6-13(2)7-9-14/h13-15,17H,4-12H2,1-3H3. The predicted octanol–water partition coefficient (Wildman–Crippen LogP) is 3.75. The summed E-state index contributed by atoms with van der Waals surface area (Å²) >= 11 is 0. The summed E-state index contributed by atoms with van der Waals surface area (Å²) in [6, 6.07) is 0.683. The molecule has 2 fully saturated rings. The Morgan fingerprint density at radius 1 is 1.22 bits per heavy atom. The minimum Gasteiger partial charge on any atom is -0.378 e. The van der Waals surface area contributed by atoms with Gasteiger partial charge < -0.3 is 10.1 Å². The van der Waals surface area contributed by atoms with Crippen molar-refractivity contribution in [3.8, 4) is 0 Å². The minimum absolute atomic E-state index is 0.218. The van der Waals surface area contributed by atoms with Crippen molar-refractivity contribution in [3.63, 3.8) is 0 Å². The van der Waals surface area contributed by atoms with Crippen LogP contribution in [0, 0.1) is 11.8 Å². The zero-order chi connectivity index (χ0) is 13.0. The summed E-state index contributed by atoms with van der Waals surface area (Å²) in [5.74, 6) is 1.83. The van der Waals surface area contributed by atoms with Crippen LogP contribution in [0.25, 0.3) is 0 Å². The lowest BCUT2D eigenvalue weighted by Gasteiger charge is -2.45. The molecule has 18 heavy (non-hydrogen) atoms. The van der Waals surface area contributed by atoms with Gasteiger partial charge in [-0.15, -0.1) is 0 Å². The molecule has 0 radical (unpaired) electrons. The number of ether oxygens (including phenoxy) is 1. The lowest BCUT2D eigenvalue weighted by Crippen LogP contribution is -2.49. The van der Waals surface area contributed by atoms with E-state index < -0.39 is 0 Å². The Balaban J connectivity index is 1.90. The summed E-state index contributed by atoms with van der Waals surface area (Å²) in [7, 11) is 1.91. The maximum Gasteiger partial charge on any atom is 0.0693 e. The van der Waals surface area contributed by atoms with Crippen molar-refractivity contribution in [3.05, 3.63) is 0 Å². The topological polar surface area (TPSA) is 21.3 Å². The van der Waals surface area contributed by atoms with Gasteiger partial charge in [-0.3, -0.25) is 0 Å². The zero-order valence-corrected chi connectivity index (χ0v) is 12.5. The third kappa shape index (κ3) is 3.27. The number of rotatable bonds is 6. The molecule has 0 aromatic carbocycles. The fourth-order valence-corrected chi connectivity index (χ4v) is 3.82. The Morgan fingerprint density at radius 3 is 2.33 bits per heavy atom. The van der Waals surface area contributed by atoms with Gasteiger partial charge in [0.2, 0.25) is 0 Å². The SMILES string of the molecule is CCNC(CC1(OC)CCC1)C1CCC(C)CC1. The molecular formula is C16H31NO. The quantitative estimate of drug-likeness (QED) is 0.778. The molecule has 106 valence electrons. The molecule has 1 N–H and O–H groups in total. The third-order valence-electron chi connectivity index (χ3n) is 5.39. The van der Waals surface area contributed by atoms with Gasteiger partial charge in [-0.05, 0) is 56.9 Å². The van der Waals surface area contributed by atoms with Crippen LogP contribution in [0.3, 0.4) is 0 Å². The van der Waals surface area contributed by atoms with Crippen LogP contribution >= 0.6 is 0 Å². The maximum absolute atomic E-state index is 5.82. The zero-order valence-electron chi connectivity index (χ0n) is 12.5. The first-order valence-corrected chi connectivity index (χ1v) is 7.97. The van der Waals surface area contributed by atoms with E-state index in [-0.39, 0.29) is 5.60 Å². The van der Waals surface area contributed by atoms with E-state index in [2.05, 4.69) is 19.2 Å². The first kappa shape index (κ1) is 14.3. The highest BCUT2D eigenvalue weighted by atomic mass is 16.5. The molecule has 0 amide bonds. The summed E-state index contributed by atoms with van der Waals surface area (Å²) in [4.78, 5) is 0. The fraction of sp³-hybridized carbons (Fsp3) is 1.00. The lowest BCUT2D eigenvalue weighted by molar-refractivity contribution is -0.0880. The van der Waals surface area contributed by atoms with Crippen molar-refractivity contribution in [2.24, 2.45) is 11.8 Å². The van der Waals surface area contributed by atoms with Crippen molar-refractivity contribution >= 4 is 0 Å². The van der Waals surface area contributed by atoms with Crippen LogP contribution in [0.5, 0.6) is 0 Å². The van der Waals surface area contributed by atoms with E-state index in [9.17, 15) is 0 Å². The molecule has 0 aromatic heterocycles. The molecule has 0 heterocycles. The Morgan fingerprint density at radius 2 is 1.89 bits per heavy atom. The van der Waals surface area contributed by atoms with Crippen LogP contribution in [-0.4, -0.2) is 25.3 Å². The van der Waals surface area contributed by atoms with Crippen molar-refractivity contribution < 1.29 is 4.74 Å². The summed E-state index contributed by atoms with van der Waals surface area (Å²) in [5, 5.41) is 3.75. The average Bonchev–Trinajstić information content (AvgIpc) is 2.33. The molecule has 0 bridgehead atoms. The second-order valence-electron chi connectivity index (χ2n) is 6.63. The monoisotopic (exact) mass is 253 g/mol. The van der Waals surface area contributed by atoms with E-state index in [1.165, 1.54) is 51.4 Å². The number of hydrogen-bond acceptors (Lipinski definition) is 2. The molecule has 0 saturated heterocycles. The lowest BCUT2D eigenvalue weighted by atomic mass is 9.70. The van der Waals surface area contributed by atoms with Crippen LogP contribution in [0.4, 0.5) is 0 Å². The molecule has 2 aliphatic rings. The highest BCUT2D eigenvalue weighted by Crippen LogP contribution is 2.42. The van der Waals surface area contributed by atoms with Gasteiger partial charge in [0.05, 0.1) is 5.60 Å². The average molecular weight is 253 g/mol. The van der Waals surface area contributed by atoms with E-state index in [1.807, 2.05) is 7.11 Å². The Kier molecular flexibility index (Phi) is 5.08. The van der Waals surface area contributed by atoms with Gasteiger partial charge in [0.15, 0.2) is 0 Å². The first-order valence-electron chi connectivity index (χ1n) is 7.97. The van der Waals surface area contributed by atoms with Crippen molar-refractivity contribution in [2.75, 3.05) is 13.7 Å². The van der Waals surface area contributed by atoms with Crippen molar-refractivity contribution in [1.82, 2.24) is 5.32 Å². The van der Waals surface area contributed by atoms with Crippen LogP contribution in [0.15, 0.2) is 0 Å². The molecule has 0 aromatic rings. The summed E-state index contributed by atoms with van der Waals surface area (Å²) in [6.45, 7) is 5.73. The number of hydrogen-bond donors (Lipinski definition) is 1. The van der Waals surface area contributed by atoms with Crippen LogP contribution < -0.4 is 5.32 Å². The number of methoxy groups -OCH3 is 1. The predicted molar refractivity (Wildman–Crippen MR) is 76.8 cm³/mol. The molecule has 2 saturated carbocycles. The first-order chi connectivity index (χ1) is 8.69. The second-order valence-corrected chi connectivity index (χ2v) is 6.63. The highest BCUT2D eigenvalue weighted by molar-refractivity contribution is 4.95. The van der Waals surface area contributed by atoms with Gasteiger partial charge in [0, 0.05) is 13.2 Å². The number of nitrogens with one attached hydrogen (secondary N) is 1. The molecule has 2 heteroatoms. The second kappa shape index (κ2) is 6.38. The fourth-order valence-electron chi connectivity index (χ4n) is 3.82. The molecule has 2 aliphatic carbocycles. The van der Waals surface area contributed by atoms with Gasteiger partial charge in [-0.25, -0.2) is 0 Å². The van der Waals surface area contributed by atoms with Gasteiger partial charge >= 0.3 is 0 Å². The van der Waals surface area contributed by atoms with E-state index in [4.69, 9.17) is 4.74 Å². The van der Waals surface area contributed by atoms with E-state index in [0.29, 0.717) is 6.04 Å². The smallest absolute Gasteiger partial charge is 0.0693 e. The third-order valence-corrected chi connectivity index (χ3v) is 5.39. The Bertz CT molecular complexity index is 236. The van der Waals surface area contributed by atoms with Gasteiger partial charge in [0.25, 0.3) is 0 Å². The molecule has 1 atom stereocenters. The van der Waals surface area contributed by atoms with Crippen molar-refractivity contribution in [1.29, 1.82) is 0 Å². The van der Waals surface area contributed by atoms with Crippen LogP contribution in [0.1, 0.15) is 65.2 Å². The normalized spacial score (nSPS) is 32.8. The largest absolute Gasteiger partial charge is 0.378 e. The summed E-state index contributed by atoms with van der Waals surface area (Å²) in [6.07, 6.45) is 10.8.